The van der Waals surface area contributed by atoms with Crippen LogP contribution in [0, 0.1) is 6.92 Å². The number of hydrogen-bond acceptors (Lipinski definition) is 4. The Morgan fingerprint density at radius 3 is 2.29 bits per heavy atom. The fourth-order valence-electron chi connectivity index (χ4n) is 1.83. The van der Waals surface area contributed by atoms with Gasteiger partial charge in [-0.1, -0.05) is 0 Å². The lowest BCUT2D eigenvalue weighted by Crippen LogP contribution is -2.16. The maximum atomic E-state index is 12.0. The second-order valence-electron chi connectivity index (χ2n) is 4.22. The summed E-state index contributed by atoms with van der Waals surface area (Å²) in [5.74, 6) is 1.57. The van der Waals surface area contributed by atoms with E-state index in [2.05, 4.69) is 14.9 Å². The Labute approximate surface area is 119 Å². The number of aryl methyl sites for hydroxylation is 1. The molecule has 0 N–H and O–H groups in total. The van der Waals surface area contributed by atoms with Crippen LogP contribution in [0.5, 0.6) is 11.5 Å². The van der Waals surface area contributed by atoms with Crippen LogP contribution in [0.2, 0.25) is 0 Å². The molecule has 0 aliphatic carbocycles. The number of alkyl halides is 3. The van der Waals surface area contributed by atoms with Crippen LogP contribution in [0.1, 0.15) is 18.6 Å². The summed E-state index contributed by atoms with van der Waals surface area (Å²) in [6.07, 6.45) is -4.70. The number of ether oxygens (including phenoxy) is 2. The highest BCUT2D eigenvalue weighted by atomic mass is 19.4. The molecule has 1 heterocycles. The average molecular weight is 301 g/mol. The molecule has 0 spiro atoms. The summed E-state index contributed by atoms with van der Waals surface area (Å²) in [7, 11) is 0. The van der Waals surface area contributed by atoms with Gasteiger partial charge in [0.15, 0.2) is 5.82 Å². The summed E-state index contributed by atoms with van der Waals surface area (Å²) < 4.78 is 47.2. The van der Waals surface area contributed by atoms with Gasteiger partial charge in [0.05, 0.1) is 0 Å². The molecule has 0 amide bonds. The minimum Gasteiger partial charge on any atom is -0.486 e. The highest BCUT2D eigenvalue weighted by Crippen LogP contribution is 2.24. The van der Waals surface area contributed by atoms with E-state index >= 15 is 0 Å². The zero-order valence-corrected chi connectivity index (χ0v) is 11.5. The molecule has 0 aliphatic rings. The molecule has 1 aromatic heterocycles. The molecule has 0 aliphatic heterocycles. The Bertz CT molecular complexity index is 594. The van der Waals surface area contributed by atoms with E-state index < -0.39 is 6.36 Å². The van der Waals surface area contributed by atoms with E-state index in [1.807, 2.05) is 18.4 Å². The Kier molecular flexibility index (Phi) is 4.35. The predicted octanol–water partition coefficient (Wildman–Crippen LogP) is 3.08. The van der Waals surface area contributed by atoms with Crippen LogP contribution >= 0.6 is 0 Å². The maximum Gasteiger partial charge on any atom is 0.573 e. The van der Waals surface area contributed by atoms with Crippen molar-refractivity contribution < 1.29 is 22.6 Å². The number of rotatable bonds is 5. The van der Waals surface area contributed by atoms with Gasteiger partial charge < -0.3 is 14.0 Å². The van der Waals surface area contributed by atoms with Crippen LogP contribution in [0.3, 0.4) is 0 Å². The van der Waals surface area contributed by atoms with E-state index in [0.29, 0.717) is 11.6 Å². The van der Waals surface area contributed by atoms with E-state index in [-0.39, 0.29) is 12.4 Å². The van der Waals surface area contributed by atoms with Gasteiger partial charge in [-0.05, 0) is 38.1 Å². The second-order valence-corrected chi connectivity index (χ2v) is 4.22. The highest BCUT2D eigenvalue weighted by Gasteiger charge is 2.30. The molecular formula is C13H14F3N3O2. The summed E-state index contributed by atoms with van der Waals surface area (Å²) >= 11 is 0. The first-order valence-electron chi connectivity index (χ1n) is 6.26. The summed E-state index contributed by atoms with van der Waals surface area (Å²) in [5.41, 5.74) is 0. The Morgan fingerprint density at radius 2 is 1.71 bits per heavy atom. The molecule has 1 aromatic carbocycles. The molecule has 0 radical (unpaired) electrons. The Balaban J connectivity index is 1.97. The molecular weight excluding hydrogens is 287 g/mol. The fourth-order valence-corrected chi connectivity index (χ4v) is 1.83. The molecule has 0 bridgehead atoms. The summed E-state index contributed by atoms with van der Waals surface area (Å²) in [5, 5.41) is 7.92. The third-order valence-electron chi connectivity index (χ3n) is 2.75. The number of nitrogens with zero attached hydrogens (tertiary/aromatic N) is 3. The molecule has 8 heteroatoms. The second kappa shape index (κ2) is 6.02. The molecule has 2 aromatic rings. The van der Waals surface area contributed by atoms with Gasteiger partial charge in [-0.15, -0.1) is 23.4 Å². The van der Waals surface area contributed by atoms with Crippen molar-refractivity contribution in [2.24, 2.45) is 0 Å². The summed E-state index contributed by atoms with van der Waals surface area (Å²) in [4.78, 5) is 0. The standard InChI is InChI=1S/C13H14F3N3O2/c1-3-19-9(2)17-18-12(19)8-20-10-4-6-11(7-5-10)21-13(14,15)16/h4-7H,3,8H2,1-2H3. The van der Waals surface area contributed by atoms with Crippen LogP contribution in [-0.2, 0) is 13.2 Å². The van der Waals surface area contributed by atoms with E-state index in [1.165, 1.54) is 24.3 Å². The van der Waals surface area contributed by atoms with Gasteiger partial charge in [0.1, 0.15) is 23.9 Å². The third-order valence-corrected chi connectivity index (χ3v) is 2.75. The number of benzene rings is 1. The van der Waals surface area contributed by atoms with Crippen molar-refractivity contribution in [1.82, 2.24) is 14.8 Å². The van der Waals surface area contributed by atoms with Gasteiger partial charge in [0.2, 0.25) is 0 Å². The zero-order chi connectivity index (χ0) is 15.5. The molecule has 0 saturated heterocycles. The largest absolute Gasteiger partial charge is 0.573 e. The van der Waals surface area contributed by atoms with Gasteiger partial charge in [0, 0.05) is 6.54 Å². The van der Waals surface area contributed by atoms with Gasteiger partial charge in [-0.2, -0.15) is 0 Å². The van der Waals surface area contributed by atoms with Gasteiger partial charge in [-0.3, -0.25) is 0 Å². The topological polar surface area (TPSA) is 49.2 Å². The first-order valence-corrected chi connectivity index (χ1v) is 6.26. The van der Waals surface area contributed by atoms with Gasteiger partial charge in [-0.25, -0.2) is 0 Å². The number of halogens is 3. The average Bonchev–Trinajstić information content (AvgIpc) is 2.76. The van der Waals surface area contributed by atoms with Crippen molar-refractivity contribution in [3.05, 3.63) is 35.9 Å². The highest BCUT2D eigenvalue weighted by molar-refractivity contribution is 5.31. The van der Waals surface area contributed by atoms with E-state index in [9.17, 15) is 13.2 Å². The molecule has 0 saturated carbocycles. The normalized spacial score (nSPS) is 11.5. The molecule has 2 rings (SSSR count). The maximum absolute atomic E-state index is 12.0. The molecule has 0 atom stereocenters. The fraction of sp³-hybridized carbons (Fsp3) is 0.385. The van der Waals surface area contributed by atoms with Crippen molar-refractivity contribution in [2.45, 2.75) is 33.4 Å². The number of hydrogen-bond donors (Lipinski definition) is 0. The number of aromatic nitrogens is 3. The Morgan fingerprint density at radius 1 is 1.10 bits per heavy atom. The quantitative estimate of drug-likeness (QED) is 0.851. The minimum atomic E-state index is -4.70. The van der Waals surface area contributed by atoms with Crippen LogP contribution in [0.15, 0.2) is 24.3 Å². The molecule has 114 valence electrons. The van der Waals surface area contributed by atoms with Crippen molar-refractivity contribution in [1.29, 1.82) is 0 Å². The predicted molar refractivity (Wildman–Crippen MR) is 67.9 cm³/mol. The molecule has 0 unspecified atom stereocenters. The Hall–Kier alpha value is -2.25. The summed E-state index contributed by atoms with van der Waals surface area (Å²) in [6, 6.07) is 5.19. The van der Waals surface area contributed by atoms with Crippen molar-refractivity contribution in [3.63, 3.8) is 0 Å². The van der Waals surface area contributed by atoms with Crippen LogP contribution < -0.4 is 9.47 Å². The van der Waals surface area contributed by atoms with Crippen molar-refractivity contribution in [3.8, 4) is 11.5 Å². The van der Waals surface area contributed by atoms with E-state index in [4.69, 9.17) is 4.74 Å². The lowest BCUT2D eigenvalue weighted by Gasteiger charge is -2.10. The van der Waals surface area contributed by atoms with Crippen molar-refractivity contribution in [2.75, 3.05) is 0 Å². The van der Waals surface area contributed by atoms with Crippen molar-refractivity contribution >= 4 is 0 Å². The third kappa shape index (κ3) is 4.11. The van der Waals surface area contributed by atoms with Gasteiger partial charge in [0.25, 0.3) is 0 Å². The van der Waals surface area contributed by atoms with Crippen LogP contribution in [0.25, 0.3) is 0 Å². The van der Waals surface area contributed by atoms with Crippen LogP contribution in [0.4, 0.5) is 13.2 Å². The zero-order valence-electron chi connectivity index (χ0n) is 11.5. The lowest BCUT2D eigenvalue weighted by molar-refractivity contribution is -0.274. The minimum absolute atomic E-state index is 0.189. The molecule has 5 nitrogen and oxygen atoms in total. The molecule has 0 fully saturated rings. The molecule has 21 heavy (non-hydrogen) atoms. The monoisotopic (exact) mass is 301 g/mol. The summed E-state index contributed by atoms with van der Waals surface area (Å²) in [6.45, 7) is 4.70. The van der Waals surface area contributed by atoms with E-state index in [0.717, 1.165) is 12.4 Å². The van der Waals surface area contributed by atoms with E-state index in [1.54, 1.807) is 0 Å². The smallest absolute Gasteiger partial charge is 0.486 e. The van der Waals surface area contributed by atoms with Crippen LogP contribution in [-0.4, -0.2) is 21.1 Å². The lowest BCUT2D eigenvalue weighted by atomic mass is 10.3. The first-order chi connectivity index (χ1) is 9.89. The van der Waals surface area contributed by atoms with Gasteiger partial charge >= 0.3 is 6.36 Å². The SMILES string of the molecule is CCn1c(C)nnc1COc1ccc(OC(F)(F)F)cc1. The first kappa shape index (κ1) is 15.1.